The minimum atomic E-state index is -0.739. The first-order valence-electron chi connectivity index (χ1n) is 21.6. The van der Waals surface area contributed by atoms with Crippen molar-refractivity contribution >= 4 is 53.6 Å². The Labute approximate surface area is 374 Å². The topological polar surface area (TPSA) is 180 Å². The fraction of sp³-hybridized carbons (Fsp3) is 0.440. The molecule has 9 atom stereocenters. The van der Waals surface area contributed by atoms with Crippen LogP contribution in [0.3, 0.4) is 0 Å². The minimum Gasteiger partial charge on any atom is -0.427 e. The Balaban J connectivity index is 0.000000164. The summed E-state index contributed by atoms with van der Waals surface area (Å²) in [5, 5.41) is 1.36. The zero-order chi connectivity index (χ0) is 47.2. The van der Waals surface area contributed by atoms with Crippen molar-refractivity contribution in [2.24, 2.45) is 52.8 Å². The minimum absolute atomic E-state index is 0.116. The van der Waals surface area contributed by atoms with Crippen LogP contribution in [-0.4, -0.2) is 57.6 Å². The molecule has 340 valence electrons. The fourth-order valence-electron chi connectivity index (χ4n) is 8.55. The molecule has 2 aromatic rings. The number of amides is 4. The van der Waals surface area contributed by atoms with E-state index in [2.05, 4.69) is 27.0 Å². The number of allylic oxidation sites excluding steroid dienone is 4. The molecular weight excluding hydrogens is 821 g/mol. The summed E-state index contributed by atoms with van der Waals surface area (Å²) in [6, 6.07) is 14.8. The number of esters is 2. The SMILES string of the molecule is C=C(C)C(=O)ON1C(=O)C2C3C=CC(C3)C2C1=O.C=Cc1ccc(OC(C)=O)cc1.CCC(C)(C)C(=O)ON1C(=O)C2C3C=CC(C3)C2C1=O.CCC(C)c1ccc(OC(C)=O)cc1. The van der Waals surface area contributed by atoms with Gasteiger partial charge in [0, 0.05) is 19.4 Å². The lowest BCUT2D eigenvalue weighted by atomic mass is 9.85. The highest BCUT2D eigenvalue weighted by Gasteiger charge is 2.62. The van der Waals surface area contributed by atoms with Crippen LogP contribution in [0.25, 0.3) is 6.08 Å². The zero-order valence-corrected chi connectivity index (χ0v) is 37.7. The second kappa shape index (κ2) is 20.4. The summed E-state index contributed by atoms with van der Waals surface area (Å²) in [7, 11) is 0. The molecule has 4 amide bonds. The van der Waals surface area contributed by atoms with Gasteiger partial charge >= 0.3 is 23.9 Å². The van der Waals surface area contributed by atoms with E-state index in [1.54, 1.807) is 32.1 Å². The molecule has 2 saturated heterocycles. The normalized spacial score (nSPS) is 25.4. The number of hydrogen-bond acceptors (Lipinski definition) is 12. The number of benzene rings is 2. The first kappa shape index (κ1) is 48.6. The summed E-state index contributed by atoms with van der Waals surface area (Å²) in [4.78, 5) is 103. The van der Waals surface area contributed by atoms with Gasteiger partial charge in [-0.3, -0.25) is 28.8 Å². The van der Waals surface area contributed by atoms with Gasteiger partial charge in [0.25, 0.3) is 23.6 Å². The van der Waals surface area contributed by atoms with Gasteiger partial charge in [0.2, 0.25) is 0 Å². The van der Waals surface area contributed by atoms with Crippen LogP contribution in [0.15, 0.2) is 91.6 Å². The Kier molecular flexibility index (Phi) is 15.5. The van der Waals surface area contributed by atoms with Crippen LogP contribution in [0.1, 0.15) is 98.1 Å². The van der Waals surface area contributed by atoms with Crippen LogP contribution < -0.4 is 9.47 Å². The monoisotopic (exact) mass is 878 g/mol. The van der Waals surface area contributed by atoms with Gasteiger partial charge in [-0.15, -0.1) is 10.1 Å². The highest BCUT2D eigenvalue weighted by Crippen LogP contribution is 2.53. The third kappa shape index (κ3) is 10.7. The van der Waals surface area contributed by atoms with E-state index in [1.165, 1.54) is 26.3 Å². The lowest BCUT2D eigenvalue weighted by molar-refractivity contribution is -0.205. The van der Waals surface area contributed by atoms with E-state index in [9.17, 15) is 38.4 Å². The number of carbonyl (C=O) groups excluding carboxylic acids is 8. The molecule has 2 heterocycles. The molecule has 0 aromatic heterocycles. The second-order valence-corrected chi connectivity index (χ2v) is 17.6. The Morgan fingerprint density at radius 3 is 1.38 bits per heavy atom. The van der Waals surface area contributed by atoms with E-state index in [-0.39, 0.29) is 76.7 Å². The first-order chi connectivity index (χ1) is 30.2. The van der Waals surface area contributed by atoms with Crippen LogP contribution >= 0.6 is 0 Å². The number of ether oxygens (including phenoxy) is 2. The maximum atomic E-state index is 12.3. The highest BCUT2D eigenvalue weighted by molar-refractivity contribution is 6.07. The van der Waals surface area contributed by atoms with Gasteiger partial charge in [0.1, 0.15) is 11.5 Å². The van der Waals surface area contributed by atoms with Crippen molar-refractivity contribution in [3.63, 3.8) is 0 Å². The third-order valence-electron chi connectivity index (χ3n) is 12.7. The molecule has 14 heteroatoms. The van der Waals surface area contributed by atoms with E-state index >= 15 is 0 Å². The molecule has 4 bridgehead atoms. The quantitative estimate of drug-likeness (QED) is 0.0742. The number of rotatable bonds is 10. The summed E-state index contributed by atoms with van der Waals surface area (Å²) in [6.45, 7) is 21.0. The number of imide groups is 2. The Morgan fingerprint density at radius 1 is 0.672 bits per heavy atom. The molecule has 4 aliphatic carbocycles. The van der Waals surface area contributed by atoms with Crippen molar-refractivity contribution in [1.29, 1.82) is 0 Å². The van der Waals surface area contributed by atoms with Crippen LogP contribution in [0, 0.1) is 52.8 Å². The van der Waals surface area contributed by atoms with Crippen molar-refractivity contribution in [2.45, 2.75) is 87.0 Å². The van der Waals surface area contributed by atoms with Gasteiger partial charge in [-0.05, 0) is 111 Å². The summed E-state index contributed by atoms with van der Waals surface area (Å²) in [5.41, 5.74) is 1.75. The highest BCUT2D eigenvalue weighted by atomic mass is 16.7. The molecule has 2 saturated carbocycles. The van der Waals surface area contributed by atoms with Gasteiger partial charge < -0.3 is 19.1 Å². The van der Waals surface area contributed by atoms with Crippen molar-refractivity contribution in [3.8, 4) is 11.5 Å². The molecule has 2 aromatic carbocycles. The molecule has 0 radical (unpaired) electrons. The van der Waals surface area contributed by atoms with Crippen molar-refractivity contribution in [1.82, 2.24) is 10.1 Å². The number of hydroxylamine groups is 4. The summed E-state index contributed by atoms with van der Waals surface area (Å²) in [6.07, 6.45) is 13.2. The number of carbonyl (C=O) groups is 8. The van der Waals surface area contributed by atoms with E-state index in [0.29, 0.717) is 28.9 Å². The molecular formula is C50H58N2O12. The van der Waals surface area contributed by atoms with Crippen LogP contribution in [0.4, 0.5) is 0 Å². The smallest absolute Gasteiger partial charge is 0.359 e. The lowest BCUT2D eigenvalue weighted by Gasteiger charge is -2.23. The molecule has 64 heavy (non-hydrogen) atoms. The average molecular weight is 879 g/mol. The third-order valence-corrected chi connectivity index (χ3v) is 12.7. The van der Waals surface area contributed by atoms with Gasteiger partial charge in [-0.25, -0.2) is 9.59 Å². The Bertz CT molecular complexity index is 2180. The first-order valence-corrected chi connectivity index (χ1v) is 21.6. The van der Waals surface area contributed by atoms with Gasteiger partial charge in [-0.1, -0.05) is 88.6 Å². The van der Waals surface area contributed by atoms with Crippen LogP contribution in [0.2, 0.25) is 0 Å². The molecule has 9 unspecified atom stereocenters. The van der Waals surface area contributed by atoms with E-state index in [1.807, 2.05) is 67.6 Å². The number of hydrogen-bond donors (Lipinski definition) is 0. The zero-order valence-electron chi connectivity index (χ0n) is 37.7. The number of nitrogens with zero attached hydrogens (tertiary/aromatic N) is 2. The molecule has 6 aliphatic rings. The maximum Gasteiger partial charge on any atom is 0.359 e. The molecule has 8 rings (SSSR count). The predicted molar refractivity (Wildman–Crippen MR) is 235 cm³/mol. The van der Waals surface area contributed by atoms with Crippen molar-refractivity contribution in [3.05, 3.63) is 103 Å². The molecule has 0 spiro atoms. The number of fused-ring (bicyclic) bond motifs is 10. The van der Waals surface area contributed by atoms with E-state index in [0.717, 1.165) is 29.9 Å². The molecule has 2 aliphatic heterocycles. The summed E-state index contributed by atoms with van der Waals surface area (Å²) >= 11 is 0. The summed E-state index contributed by atoms with van der Waals surface area (Å²) < 4.78 is 9.78. The van der Waals surface area contributed by atoms with Gasteiger partial charge in [-0.2, -0.15) is 0 Å². The van der Waals surface area contributed by atoms with Gasteiger partial charge in [0.05, 0.1) is 29.1 Å². The van der Waals surface area contributed by atoms with Crippen molar-refractivity contribution < 1.29 is 57.5 Å². The van der Waals surface area contributed by atoms with Gasteiger partial charge in [0.15, 0.2) is 0 Å². The Hall–Kier alpha value is -6.44. The maximum absolute atomic E-state index is 12.3. The lowest BCUT2D eigenvalue weighted by Crippen LogP contribution is -2.39. The molecule has 14 nitrogen and oxygen atoms in total. The predicted octanol–water partition coefficient (Wildman–Crippen LogP) is 7.90. The average Bonchev–Trinajstić information content (AvgIpc) is 4.14. The largest absolute Gasteiger partial charge is 0.427 e. The van der Waals surface area contributed by atoms with Crippen LogP contribution in [-0.2, 0) is 48.0 Å². The van der Waals surface area contributed by atoms with Crippen LogP contribution in [0.5, 0.6) is 11.5 Å². The van der Waals surface area contributed by atoms with Crippen molar-refractivity contribution in [2.75, 3.05) is 0 Å². The standard InChI is InChI=1S/C15H19NO4.C13H13NO4.C12H16O2.C10H10O2/c1-4-15(2,3)14(19)20-16-12(17)10-8-5-6-9(7-8)11(10)13(16)18;1-6(2)13(17)18-14-11(15)9-7-3-4-8(5-7)10(9)12(14)16;1-4-9(2)11-5-7-12(8-6-11)14-10(3)13;1-3-9-4-6-10(7-5-9)12-8(2)11/h5-6,8-11H,4,7H2,1-3H3;3-4,7-10H,1,5H2,2H3;5-9H,4H2,1-3H3;3-7H,1H2,2H3. The van der Waals surface area contributed by atoms with E-state index in [4.69, 9.17) is 19.1 Å². The van der Waals surface area contributed by atoms with E-state index < -0.39 is 29.2 Å². The fourth-order valence-corrected chi connectivity index (χ4v) is 8.55. The second-order valence-electron chi connectivity index (χ2n) is 17.6. The molecule has 4 fully saturated rings. The Morgan fingerprint density at radius 2 is 1.05 bits per heavy atom. The summed E-state index contributed by atoms with van der Waals surface area (Å²) in [5.74, 6) is -2.44. The molecule has 0 N–H and O–H groups in total.